The fourth-order valence-corrected chi connectivity index (χ4v) is 3.19. The third-order valence-corrected chi connectivity index (χ3v) is 4.38. The van der Waals surface area contributed by atoms with Gasteiger partial charge in [-0.05, 0) is 12.5 Å². The average Bonchev–Trinajstić information content (AvgIpc) is 3.01. The molecule has 0 bridgehead atoms. The maximum Gasteiger partial charge on any atom is 0.257 e. The zero-order valence-corrected chi connectivity index (χ0v) is 14.1. The van der Waals surface area contributed by atoms with E-state index in [0.717, 1.165) is 5.56 Å². The fraction of sp³-hybridized carbons (Fsp3) is 0.444. The normalized spacial score (nSPS) is 21.0. The smallest absolute Gasteiger partial charge is 0.257 e. The van der Waals surface area contributed by atoms with E-state index in [1.807, 2.05) is 25.1 Å². The van der Waals surface area contributed by atoms with Crippen molar-refractivity contribution in [2.45, 2.75) is 18.9 Å². The van der Waals surface area contributed by atoms with Crippen LogP contribution in [0.2, 0.25) is 0 Å². The quantitative estimate of drug-likeness (QED) is 0.914. The van der Waals surface area contributed by atoms with Crippen molar-refractivity contribution in [3.63, 3.8) is 0 Å². The predicted octanol–water partition coefficient (Wildman–Crippen LogP) is 1.17. The predicted molar refractivity (Wildman–Crippen MR) is 89.8 cm³/mol. The van der Waals surface area contributed by atoms with Crippen molar-refractivity contribution in [3.8, 4) is 0 Å². The second kappa shape index (κ2) is 6.75. The number of nitrogens with zero attached hydrogens (tertiary/aromatic N) is 3. The minimum Gasteiger partial charge on any atom is -0.393 e. The number of amides is 1. The molecular weight excluding hydrogens is 306 g/mol. The molecule has 0 aliphatic carbocycles. The zero-order valence-electron chi connectivity index (χ0n) is 14.1. The number of ether oxygens (including phenoxy) is 1. The van der Waals surface area contributed by atoms with Crippen molar-refractivity contribution in [2.75, 3.05) is 26.3 Å². The summed E-state index contributed by atoms with van der Waals surface area (Å²) in [5.74, 6) is -0.0755. The number of aliphatic hydroxyl groups is 1. The first-order valence-electron chi connectivity index (χ1n) is 8.10. The van der Waals surface area contributed by atoms with Gasteiger partial charge in [-0.2, -0.15) is 5.10 Å². The van der Waals surface area contributed by atoms with Crippen LogP contribution in [0.3, 0.4) is 0 Å². The summed E-state index contributed by atoms with van der Waals surface area (Å²) in [5.41, 5.74) is 2.06. The van der Waals surface area contributed by atoms with Crippen LogP contribution in [0.4, 0.5) is 0 Å². The summed E-state index contributed by atoms with van der Waals surface area (Å²) in [7, 11) is 1.78. The molecule has 0 spiro atoms. The van der Waals surface area contributed by atoms with Crippen molar-refractivity contribution in [2.24, 2.45) is 7.05 Å². The molecule has 1 aliphatic rings. The van der Waals surface area contributed by atoms with Crippen LogP contribution in [-0.2, 0) is 18.2 Å². The molecule has 1 saturated heterocycles. The lowest BCUT2D eigenvalue weighted by Crippen LogP contribution is -2.56. The van der Waals surface area contributed by atoms with Gasteiger partial charge in [0.2, 0.25) is 0 Å². The van der Waals surface area contributed by atoms with Crippen LogP contribution in [0.5, 0.6) is 0 Å². The Morgan fingerprint density at radius 1 is 1.46 bits per heavy atom. The van der Waals surface area contributed by atoms with E-state index in [-0.39, 0.29) is 12.5 Å². The molecule has 0 radical (unpaired) electrons. The molecular formula is C18H23N3O3. The van der Waals surface area contributed by atoms with E-state index in [1.54, 1.807) is 29.0 Å². The van der Waals surface area contributed by atoms with Crippen LogP contribution in [0.1, 0.15) is 21.5 Å². The van der Waals surface area contributed by atoms with Crippen LogP contribution in [0.25, 0.3) is 0 Å². The number of hydrogen-bond acceptors (Lipinski definition) is 4. The Hall–Kier alpha value is -2.18. The third-order valence-electron chi connectivity index (χ3n) is 4.38. The first-order chi connectivity index (χ1) is 11.5. The number of carbonyl (C=O) groups excluding carboxylic acids is 1. The summed E-state index contributed by atoms with van der Waals surface area (Å²) in [5, 5.41) is 14.0. The van der Waals surface area contributed by atoms with Gasteiger partial charge in [-0.3, -0.25) is 9.48 Å². The largest absolute Gasteiger partial charge is 0.393 e. The lowest BCUT2D eigenvalue weighted by molar-refractivity contribution is -0.123. The Kier molecular flexibility index (Phi) is 4.69. The monoisotopic (exact) mass is 329 g/mol. The lowest BCUT2D eigenvalue weighted by atomic mass is 9.92. The molecule has 1 aromatic carbocycles. The van der Waals surface area contributed by atoms with Gasteiger partial charge in [-0.15, -0.1) is 0 Å². The Morgan fingerprint density at radius 3 is 2.96 bits per heavy atom. The molecule has 6 heteroatoms. The molecule has 128 valence electrons. The summed E-state index contributed by atoms with van der Waals surface area (Å²) in [6, 6.07) is 8.14. The van der Waals surface area contributed by atoms with E-state index in [4.69, 9.17) is 4.74 Å². The number of rotatable bonds is 4. The van der Waals surface area contributed by atoms with E-state index in [0.29, 0.717) is 31.7 Å². The molecule has 1 aliphatic heterocycles. The Balaban J connectivity index is 1.77. The van der Waals surface area contributed by atoms with Crippen molar-refractivity contribution < 1.29 is 14.6 Å². The van der Waals surface area contributed by atoms with Gasteiger partial charge < -0.3 is 14.7 Å². The summed E-state index contributed by atoms with van der Waals surface area (Å²) in [6.07, 6.45) is 3.85. The highest BCUT2D eigenvalue weighted by atomic mass is 16.5. The number of aliphatic hydroxyl groups excluding tert-OH is 1. The average molecular weight is 329 g/mol. The highest BCUT2D eigenvalue weighted by molar-refractivity contribution is 5.93. The van der Waals surface area contributed by atoms with Crippen molar-refractivity contribution in [3.05, 3.63) is 53.3 Å². The molecule has 3 rings (SSSR count). The molecule has 1 atom stereocenters. The highest BCUT2D eigenvalue weighted by Crippen LogP contribution is 2.24. The number of hydrogen-bond donors (Lipinski definition) is 1. The summed E-state index contributed by atoms with van der Waals surface area (Å²) in [4.78, 5) is 14.4. The molecule has 1 amide bonds. The van der Waals surface area contributed by atoms with E-state index >= 15 is 0 Å². The summed E-state index contributed by atoms with van der Waals surface area (Å²) < 4.78 is 7.53. The maximum absolute atomic E-state index is 12.7. The summed E-state index contributed by atoms with van der Waals surface area (Å²) in [6.45, 7) is 3.21. The van der Waals surface area contributed by atoms with E-state index in [1.165, 1.54) is 5.56 Å². The molecule has 6 nitrogen and oxygen atoms in total. The van der Waals surface area contributed by atoms with Gasteiger partial charge in [-0.25, -0.2) is 0 Å². The van der Waals surface area contributed by atoms with Gasteiger partial charge in [0, 0.05) is 26.2 Å². The Labute approximate surface area is 141 Å². The van der Waals surface area contributed by atoms with Gasteiger partial charge in [0.15, 0.2) is 0 Å². The molecule has 1 aromatic heterocycles. The van der Waals surface area contributed by atoms with E-state index in [9.17, 15) is 9.90 Å². The van der Waals surface area contributed by atoms with Crippen LogP contribution in [0.15, 0.2) is 36.7 Å². The maximum atomic E-state index is 12.7. The number of aromatic nitrogens is 2. The molecule has 1 fully saturated rings. The second-order valence-corrected chi connectivity index (χ2v) is 6.48. The SMILES string of the molecule is Cc1cccc(C[C@@]2(CO)CN(C(=O)c3cnn(C)c3)CCO2)c1. The second-order valence-electron chi connectivity index (χ2n) is 6.48. The fourth-order valence-electron chi connectivity index (χ4n) is 3.19. The minimum atomic E-state index is -0.760. The van der Waals surface area contributed by atoms with Gasteiger partial charge >= 0.3 is 0 Å². The molecule has 24 heavy (non-hydrogen) atoms. The highest BCUT2D eigenvalue weighted by Gasteiger charge is 2.38. The van der Waals surface area contributed by atoms with Crippen LogP contribution < -0.4 is 0 Å². The third kappa shape index (κ3) is 3.49. The zero-order chi connectivity index (χ0) is 17.2. The Bertz CT molecular complexity index is 728. The number of morpholine rings is 1. The topological polar surface area (TPSA) is 67.6 Å². The molecule has 2 aromatic rings. The Morgan fingerprint density at radius 2 is 2.29 bits per heavy atom. The van der Waals surface area contributed by atoms with Gasteiger partial charge in [0.05, 0.1) is 31.5 Å². The minimum absolute atomic E-state index is 0.0755. The number of aryl methyl sites for hydroxylation is 2. The van der Waals surface area contributed by atoms with Crippen LogP contribution >= 0.6 is 0 Å². The molecule has 2 heterocycles. The number of benzene rings is 1. The molecule has 0 saturated carbocycles. The number of carbonyl (C=O) groups is 1. The van der Waals surface area contributed by atoms with Gasteiger partial charge in [-0.1, -0.05) is 29.8 Å². The van der Waals surface area contributed by atoms with E-state index < -0.39 is 5.60 Å². The van der Waals surface area contributed by atoms with E-state index in [2.05, 4.69) is 11.2 Å². The van der Waals surface area contributed by atoms with Crippen molar-refractivity contribution in [1.82, 2.24) is 14.7 Å². The lowest BCUT2D eigenvalue weighted by Gasteiger charge is -2.41. The molecule has 0 unspecified atom stereocenters. The summed E-state index contributed by atoms with van der Waals surface area (Å²) >= 11 is 0. The van der Waals surface area contributed by atoms with Crippen molar-refractivity contribution >= 4 is 5.91 Å². The molecule has 1 N–H and O–H groups in total. The standard InChI is InChI=1S/C18H23N3O3/c1-14-4-3-5-15(8-14)9-18(13-22)12-21(6-7-24-18)17(23)16-10-19-20(2)11-16/h3-5,8,10-11,22H,6-7,9,12-13H2,1-2H3/t18-/m0/s1. The first kappa shape index (κ1) is 16.7. The van der Waals surface area contributed by atoms with Gasteiger partial charge in [0.25, 0.3) is 5.91 Å². The first-order valence-corrected chi connectivity index (χ1v) is 8.10. The van der Waals surface area contributed by atoms with Gasteiger partial charge in [0.1, 0.15) is 5.60 Å². The van der Waals surface area contributed by atoms with Crippen LogP contribution in [0, 0.1) is 6.92 Å². The van der Waals surface area contributed by atoms with Crippen LogP contribution in [-0.4, -0.2) is 57.6 Å². The van der Waals surface area contributed by atoms with Crippen molar-refractivity contribution in [1.29, 1.82) is 0 Å².